The van der Waals surface area contributed by atoms with Gasteiger partial charge in [0.25, 0.3) is 0 Å². The normalized spacial score (nSPS) is 18.1. The van der Waals surface area contributed by atoms with Crippen LogP contribution in [0.2, 0.25) is 5.02 Å². The fourth-order valence-electron chi connectivity index (χ4n) is 2.74. The second-order valence-electron chi connectivity index (χ2n) is 5.43. The molecule has 22 heavy (non-hydrogen) atoms. The average Bonchev–Trinajstić information content (AvgIpc) is 2.54. The number of carbonyl (C=O) groups excluding carboxylic acids is 2. The quantitative estimate of drug-likeness (QED) is 0.829. The third-order valence-electron chi connectivity index (χ3n) is 3.94. The third kappa shape index (κ3) is 4.21. The van der Waals surface area contributed by atoms with Gasteiger partial charge >= 0.3 is 11.8 Å². The van der Waals surface area contributed by atoms with Crippen molar-refractivity contribution in [3.63, 3.8) is 0 Å². The predicted octanol–water partition coefficient (Wildman–Crippen LogP) is 1.72. The van der Waals surface area contributed by atoms with Crippen LogP contribution in [0.4, 0.5) is 0 Å². The highest BCUT2D eigenvalue weighted by atomic mass is 35.5. The number of amides is 2. The van der Waals surface area contributed by atoms with Crippen molar-refractivity contribution in [1.82, 2.24) is 10.2 Å². The van der Waals surface area contributed by atoms with E-state index in [4.69, 9.17) is 16.7 Å². The Bertz CT molecular complexity index is 534. The number of aliphatic hydroxyl groups excluding tert-OH is 1. The lowest BCUT2D eigenvalue weighted by Crippen LogP contribution is -2.50. The smallest absolute Gasteiger partial charge is 0.312 e. The summed E-state index contributed by atoms with van der Waals surface area (Å²) in [4.78, 5) is 25.9. The molecule has 0 spiro atoms. The Kier molecular flexibility index (Phi) is 6.21. The zero-order chi connectivity index (χ0) is 15.9. The molecule has 0 aromatic heterocycles. The number of rotatable bonds is 4. The Morgan fingerprint density at radius 1 is 1.32 bits per heavy atom. The highest BCUT2D eigenvalue weighted by molar-refractivity contribution is 6.35. The molecule has 1 saturated heterocycles. The fourth-order valence-corrected chi connectivity index (χ4v) is 2.94. The van der Waals surface area contributed by atoms with Crippen molar-refractivity contribution in [3.05, 3.63) is 34.9 Å². The number of carbonyl (C=O) groups is 2. The minimum Gasteiger partial charge on any atom is -0.396 e. The minimum atomic E-state index is -0.621. The van der Waals surface area contributed by atoms with Crippen LogP contribution in [0.5, 0.6) is 0 Å². The standard InChI is InChI=1S/C16H21ClN2O3/c17-14-7-2-1-5-12(14)11-18-15(21)16(22)19-9-4-3-6-13(19)8-10-20/h1-2,5,7,13,20H,3-4,6,8-11H2,(H,18,21). The van der Waals surface area contributed by atoms with Gasteiger partial charge in [0.15, 0.2) is 0 Å². The lowest BCUT2D eigenvalue weighted by atomic mass is 9.99. The Hall–Kier alpha value is -1.59. The summed E-state index contributed by atoms with van der Waals surface area (Å²) in [6, 6.07) is 7.15. The highest BCUT2D eigenvalue weighted by Gasteiger charge is 2.30. The number of aliphatic hydroxyl groups is 1. The number of halogens is 1. The molecule has 120 valence electrons. The van der Waals surface area contributed by atoms with Gasteiger partial charge in [-0.15, -0.1) is 0 Å². The topological polar surface area (TPSA) is 69.6 Å². The van der Waals surface area contributed by atoms with Gasteiger partial charge in [-0.25, -0.2) is 0 Å². The van der Waals surface area contributed by atoms with Crippen molar-refractivity contribution < 1.29 is 14.7 Å². The van der Waals surface area contributed by atoms with Crippen LogP contribution in [0, 0.1) is 0 Å². The van der Waals surface area contributed by atoms with Crippen molar-refractivity contribution in [2.24, 2.45) is 0 Å². The Balaban J connectivity index is 1.93. The molecule has 1 aliphatic heterocycles. The van der Waals surface area contributed by atoms with Crippen molar-refractivity contribution in [3.8, 4) is 0 Å². The lowest BCUT2D eigenvalue weighted by molar-refractivity contribution is -0.148. The van der Waals surface area contributed by atoms with E-state index in [0.29, 0.717) is 18.0 Å². The van der Waals surface area contributed by atoms with Crippen molar-refractivity contribution >= 4 is 23.4 Å². The van der Waals surface area contributed by atoms with Gasteiger partial charge in [-0.05, 0) is 37.3 Å². The van der Waals surface area contributed by atoms with E-state index in [-0.39, 0.29) is 19.2 Å². The van der Waals surface area contributed by atoms with Crippen LogP contribution in [-0.4, -0.2) is 41.0 Å². The minimum absolute atomic E-state index is 0.0235. The van der Waals surface area contributed by atoms with Crippen LogP contribution in [0.15, 0.2) is 24.3 Å². The molecule has 6 heteroatoms. The SMILES string of the molecule is O=C(NCc1ccccc1Cl)C(=O)N1CCCCC1CCO. The second kappa shape index (κ2) is 8.15. The first-order chi connectivity index (χ1) is 10.6. The van der Waals surface area contributed by atoms with Crippen molar-refractivity contribution in [2.45, 2.75) is 38.3 Å². The van der Waals surface area contributed by atoms with Gasteiger partial charge in [-0.3, -0.25) is 9.59 Å². The van der Waals surface area contributed by atoms with Crippen LogP contribution >= 0.6 is 11.6 Å². The average molecular weight is 325 g/mol. The molecule has 2 amide bonds. The largest absolute Gasteiger partial charge is 0.396 e. The number of nitrogens with one attached hydrogen (secondary N) is 1. The van der Waals surface area contributed by atoms with Crippen LogP contribution in [-0.2, 0) is 16.1 Å². The van der Waals surface area contributed by atoms with Crippen LogP contribution in [0.3, 0.4) is 0 Å². The van der Waals surface area contributed by atoms with E-state index in [1.165, 1.54) is 0 Å². The van der Waals surface area contributed by atoms with E-state index in [2.05, 4.69) is 5.32 Å². The van der Waals surface area contributed by atoms with Gasteiger partial charge in [-0.1, -0.05) is 29.8 Å². The third-order valence-corrected chi connectivity index (χ3v) is 4.31. The van der Waals surface area contributed by atoms with E-state index in [0.717, 1.165) is 24.8 Å². The van der Waals surface area contributed by atoms with E-state index in [1.807, 2.05) is 18.2 Å². The maximum absolute atomic E-state index is 12.3. The molecule has 1 aromatic carbocycles. The number of hydrogen-bond acceptors (Lipinski definition) is 3. The zero-order valence-electron chi connectivity index (χ0n) is 12.4. The molecule has 0 radical (unpaired) electrons. The summed E-state index contributed by atoms with van der Waals surface area (Å²) in [5.74, 6) is -1.14. The molecule has 1 aromatic rings. The summed E-state index contributed by atoms with van der Waals surface area (Å²) >= 11 is 6.03. The van der Waals surface area contributed by atoms with Gasteiger partial charge < -0.3 is 15.3 Å². The summed E-state index contributed by atoms with van der Waals surface area (Å²) in [6.07, 6.45) is 3.27. The number of hydrogen-bond donors (Lipinski definition) is 2. The summed E-state index contributed by atoms with van der Waals surface area (Å²) in [6.45, 7) is 0.821. The molecule has 5 nitrogen and oxygen atoms in total. The summed E-state index contributed by atoms with van der Waals surface area (Å²) < 4.78 is 0. The van der Waals surface area contributed by atoms with Gasteiger partial charge in [0.1, 0.15) is 0 Å². The lowest BCUT2D eigenvalue weighted by Gasteiger charge is -2.35. The molecule has 2 N–H and O–H groups in total. The molecule has 1 heterocycles. The van der Waals surface area contributed by atoms with Crippen molar-refractivity contribution in [1.29, 1.82) is 0 Å². The molecule has 1 atom stereocenters. The number of likely N-dealkylation sites (tertiary alicyclic amines) is 1. The van der Waals surface area contributed by atoms with Gasteiger partial charge in [-0.2, -0.15) is 0 Å². The number of nitrogens with zero attached hydrogens (tertiary/aromatic N) is 1. The maximum Gasteiger partial charge on any atom is 0.312 e. The second-order valence-corrected chi connectivity index (χ2v) is 5.84. The van der Waals surface area contributed by atoms with E-state index in [9.17, 15) is 9.59 Å². The molecular formula is C16H21ClN2O3. The molecule has 1 aliphatic rings. The fraction of sp³-hybridized carbons (Fsp3) is 0.500. The zero-order valence-corrected chi connectivity index (χ0v) is 13.2. The molecule has 1 fully saturated rings. The molecule has 0 bridgehead atoms. The van der Waals surface area contributed by atoms with Gasteiger partial charge in [0.2, 0.25) is 0 Å². The Morgan fingerprint density at radius 2 is 2.09 bits per heavy atom. The maximum atomic E-state index is 12.3. The first-order valence-corrected chi connectivity index (χ1v) is 7.94. The summed E-state index contributed by atoms with van der Waals surface area (Å²) in [5, 5.41) is 12.3. The Morgan fingerprint density at radius 3 is 2.82 bits per heavy atom. The predicted molar refractivity (Wildman–Crippen MR) is 84.4 cm³/mol. The first-order valence-electron chi connectivity index (χ1n) is 7.56. The van der Waals surface area contributed by atoms with Crippen LogP contribution in [0.25, 0.3) is 0 Å². The summed E-state index contributed by atoms with van der Waals surface area (Å²) in [7, 11) is 0. The monoisotopic (exact) mass is 324 g/mol. The molecule has 0 saturated carbocycles. The first kappa shape index (κ1) is 16.8. The molecular weight excluding hydrogens is 304 g/mol. The van der Waals surface area contributed by atoms with E-state index in [1.54, 1.807) is 11.0 Å². The molecule has 1 unspecified atom stereocenters. The number of benzene rings is 1. The molecule has 2 rings (SSSR count). The number of piperidine rings is 1. The highest BCUT2D eigenvalue weighted by Crippen LogP contribution is 2.20. The summed E-state index contributed by atoms with van der Waals surface area (Å²) in [5.41, 5.74) is 0.774. The van der Waals surface area contributed by atoms with Crippen LogP contribution in [0.1, 0.15) is 31.2 Å². The van der Waals surface area contributed by atoms with Crippen LogP contribution < -0.4 is 5.32 Å². The van der Waals surface area contributed by atoms with E-state index >= 15 is 0 Å². The molecule has 0 aliphatic carbocycles. The Labute approximate surface area is 135 Å². The van der Waals surface area contributed by atoms with Gasteiger partial charge in [0.05, 0.1) is 0 Å². The van der Waals surface area contributed by atoms with Crippen molar-refractivity contribution in [2.75, 3.05) is 13.2 Å². The van der Waals surface area contributed by atoms with E-state index < -0.39 is 11.8 Å². The van der Waals surface area contributed by atoms with Gasteiger partial charge in [0, 0.05) is 30.8 Å².